The van der Waals surface area contributed by atoms with Gasteiger partial charge in [0.2, 0.25) is 0 Å². The predicted molar refractivity (Wildman–Crippen MR) is 56.8 cm³/mol. The van der Waals surface area contributed by atoms with E-state index in [1.54, 1.807) is 13.0 Å². The van der Waals surface area contributed by atoms with E-state index in [2.05, 4.69) is 15.9 Å². The second-order valence-electron chi connectivity index (χ2n) is 2.97. The molecule has 14 heavy (non-hydrogen) atoms. The van der Waals surface area contributed by atoms with E-state index in [0.29, 0.717) is 5.75 Å². The summed E-state index contributed by atoms with van der Waals surface area (Å²) in [5.74, 6) is 0.180. The number of phenolic OH excluding ortho intramolecular Hbond substituents is 1. The van der Waals surface area contributed by atoms with Crippen molar-refractivity contribution in [1.29, 1.82) is 0 Å². The quantitative estimate of drug-likeness (QED) is 0.848. The molecule has 0 bridgehead atoms. The van der Waals surface area contributed by atoms with E-state index in [0.717, 1.165) is 16.3 Å². The van der Waals surface area contributed by atoms with Crippen LogP contribution in [0.15, 0.2) is 16.6 Å². The van der Waals surface area contributed by atoms with Gasteiger partial charge in [0.15, 0.2) is 11.5 Å². The molecular formula is C10H11BrO3. The summed E-state index contributed by atoms with van der Waals surface area (Å²) in [6, 6.07) is 3.17. The summed E-state index contributed by atoms with van der Waals surface area (Å²) < 4.78 is 5.68. The monoisotopic (exact) mass is 258 g/mol. The lowest BCUT2D eigenvalue weighted by molar-refractivity contribution is -0.108. The lowest BCUT2D eigenvalue weighted by Crippen LogP contribution is -1.96. The van der Waals surface area contributed by atoms with Crippen molar-refractivity contribution in [2.75, 3.05) is 7.11 Å². The predicted octanol–water partition coefficient (Wildman–Crippen LogP) is 2.47. The van der Waals surface area contributed by atoms with E-state index in [9.17, 15) is 9.90 Å². The number of phenols is 1. The molecule has 0 aliphatic carbocycles. The molecule has 4 heteroatoms. The maximum absolute atomic E-state index is 10.6. The third-order valence-electron chi connectivity index (χ3n) is 1.99. The molecule has 0 amide bonds. The fourth-order valence-corrected chi connectivity index (χ4v) is 1.83. The Morgan fingerprint density at radius 1 is 1.57 bits per heavy atom. The third-order valence-corrected chi connectivity index (χ3v) is 2.68. The first-order valence-electron chi connectivity index (χ1n) is 4.11. The van der Waals surface area contributed by atoms with E-state index in [-0.39, 0.29) is 11.7 Å². The van der Waals surface area contributed by atoms with Gasteiger partial charge < -0.3 is 14.6 Å². The summed E-state index contributed by atoms with van der Waals surface area (Å²) in [6.45, 7) is 1.76. The molecule has 0 spiro atoms. The zero-order valence-electron chi connectivity index (χ0n) is 7.95. The van der Waals surface area contributed by atoms with Crippen molar-refractivity contribution in [3.05, 3.63) is 22.2 Å². The smallest absolute Gasteiger partial charge is 0.161 e. The van der Waals surface area contributed by atoms with Crippen molar-refractivity contribution in [2.45, 2.75) is 12.8 Å². The highest BCUT2D eigenvalue weighted by Crippen LogP contribution is 2.35. The molecular weight excluding hydrogens is 248 g/mol. The Morgan fingerprint density at radius 3 is 2.71 bits per heavy atom. The average molecular weight is 259 g/mol. The number of aldehydes is 1. The number of methoxy groups -OCH3 is 1. The van der Waals surface area contributed by atoms with Gasteiger partial charge in [-0.15, -0.1) is 0 Å². The summed E-state index contributed by atoms with van der Waals surface area (Å²) in [6.07, 6.45) is 0.825. The van der Waals surface area contributed by atoms with E-state index in [1.807, 2.05) is 0 Å². The van der Waals surface area contributed by atoms with Crippen LogP contribution in [0.2, 0.25) is 0 Å². The van der Waals surface area contributed by atoms with Crippen molar-refractivity contribution in [3.63, 3.8) is 0 Å². The average Bonchev–Trinajstić information content (AvgIpc) is 2.19. The molecule has 0 aromatic heterocycles. The van der Waals surface area contributed by atoms with E-state index in [1.165, 1.54) is 13.2 Å². The molecule has 76 valence electrons. The summed E-state index contributed by atoms with van der Waals surface area (Å²) in [4.78, 5) is 10.6. The molecule has 0 saturated carbocycles. The molecule has 1 aromatic carbocycles. The number of carbonyl (C=O) groups is 1. The Balaban J connectivity index is 3.21. The molecule has 0 aliphatic rings. The number of hydrogen-bond acceptors (Lipinski definition) is 3. The minimum atomic E-state index is -0.249. The largest absolute Gasteiger partial charge is 0.504 e. The van der Waals surface area contributed by atoms with Crippen LogP contribution in [0.5, 0.6) is 11.5 Å². The fourth-order valence-electron chi connectivity index (χ4n) is 1.15. The van der Waals surface area contributed by atoms with Crippen molar-refractivity contribution in [3.8, 4) is 11.5 Å². The Bertz CT molecular complexity index is 349. The van der Waals surface area contributed by atoms with Crippen LogP contribution < -0.4 is 4.74 Å². The molecule has 0 radical (unpaired) electrons. The van der Waals surface area contributed by atoms with Crippen LogP contribution in [0.1, 0.15) is 18.4 Å². The van der Waals surface area contributed by atoms with Crippen LogP contribution in [-0.2, 0) is 4.79 Å². The standard InChI is InChI=1S/C10H11BrO3/c1-6(5-12)7-3-9(13)10(14-2)4-8(7)11/h3-6,13H,1-2H3. The van der Waals surface area contributed by atoms with Gasteiger partial charge in [0.25, 0.3) is 0 Å². The van der Waals surface area contributed by atoms with Crippen LogP contribution in [0.3, 0.4) is 0 Å². The van der Waals surface area contributed by atoms with E-state index in [4.69, 9.17) is 4.74 Å². The number of carbonyl (C=O) groups excluding carboxylic acids is 1. The minimum Gasteiger partial charge on any atom is -0.504 e. The van der Waals surface area contributed by atoms with Crippen LogP contribution >= 0.6 is 15.9 Å². The number of halogens is 1. The Morgan fingerprint density at radius 2 is 2.21 bits per heavy atom. The Labute approximate surface area is 90.8 Å². The van der Waals surface area contributed by atoms with E-state index >= 15 is 0 Å². The molecule has 1 N–H and O–H groups in total. The van der Waals surface area contributed by atoms with Crippen molar-refractivity contribution in [2.24, 2.45) is 0 Å². The molecule has 0 saturated heterocycles. The number of aromatic hydroxyl groups is 1. The van der Waals surface area contributed by atoms with Gasteiger partial charge in [-0.3, -0.25) is 0 Å². The minimum absolute atomic E-state index is 0.0411. The molecule has 0 fully saturated rings. The van der Waals surface area contributed by atoms with Crippen LogP contribution in [0.4, 0.5) is 0 Å². The van der Waals surface area contributed by atoms with E-state index < -0.39 is 0 Å². The molecule has 0 heterocycles. The highest BCUT2D eigenvalue weighted by molar-refractivity contribution is 9.10. The lowest BCUT2D eigenvalue weighted by atomic mass is 10.0. The zero-order valence-corrected chi connectivity index (χ0v) is 9.54. The first-order chi connectivity index (χ1) is 6.60. The van der Waals surface area contributed by atoms with Crippen molar-refractivity contribution >= 4 is 22.2 Å². The number of hydrogen-bond donors (Lipinski definition) is 1. The topological polar surface area (TPSA) is 46.5 Å². The fraction of sp³-hybridized carbons (Fsp3) is 0.300. The van der Waals surface area contributed by atoms with Gasteiger partial charge in [0.05, 0.1) is 7.11 Å². The maximum atomic E-state index is 10.6. The molecule has 1 rings (SSSR count). The molecule has 1 atom stereocenters. The normalized spacial score (nSPS) is 12.2. The number of ether oxygens (including phenoxy) is 1. The zero-order chi connectivity index (χ0) is 10.7. The molecule has 1 aromatic rings. The summed E-state index contributed by atoms with van der Waals surface area (Å²) in [7, 11) is 1.48. The second kappa shape index (κ2) is 4.46. The van der Waals surface area contributed by atoms with Gasteiger partial charge in [-0.2, -0.15) is 0 Å². The highest BCUT2D eigenvalue weighted by Gasteiger charge is 2.12. The van der Waals surface area contributed by atoms with Crippen LogP contribution in [0.25, 0.3) is 0 Å². The SMILES string of the molecule is COc1cc(Br)c(C(C)C=O)cc1O. The number of rotatable bonds is 3. The first-order valence-corrected chi connectivity index (χ1v) is 4.91. The van der Waals surface area contributed by atoms with Gasteiger partial charge in [0, 0.05) is 10.4 Å². The Kier molecular flexibility index (Phi) is 3.52. The third kappa shape index (κ3) is 2.07. The van der Waals surface area contributed by atoms with Crippen molar-refractivity contribution < 1.29 is 14.6 Å². The van der Waals surface area contributed by atoms with Gasteiger partial charge in [-0.25, -0.2) is 0 Å². The molecule has 1 unspecified atom stereocenters. The molecule has 3 nitrogen and oxygen atoms in total. The summed E-state index contributed by atoms with van der Waals surface area (Å²) in [5.41, 5.74) is 0.748. The van der Waals surface area contributed by atoms with Crippen molar-refractivity contribution in [1.82, 2.24) is 0 Å². The highest BCUT2D eigenvalue weighted by atomic mass is 79.9. The van der Waals surface area contributed by atoms with Gasteiger partial charge in [-0.05, 0) is 17.7 Å². The second-order valence-corrected chi connectivity index (χ2v) is 3.82. The van der Waals surface area contributed by atoms with Crippen LogP contribution in [0, 0.1) is 0 Å². The first kappa shape index (κ1) is 11.0. The summed E-state index contributed by atoms with van der Waals surface area (Å²) >= 11 is 3.31. The Hall–Kier alpha value is -1.03. The van der Waals surface area contributed by atoms with Crippen LogP contribution in [-0.4, -0.2) is 18.5 Å². The van der Waals surface area contributed by atoms with Gasteiger partial charge >= 0.3 is 0 Å². The summed E-state index contributed by atoms with van der Waals surface area (Å²) in [5, 5.41) is 9.50. The van der Waals surface area contributed by atoms with Gasteiger partial charge in [-0.1, -0.05) is 22.9 Å². The molecule has 0 aliphatic heterocycles. The maximum Gasteiger partial charge on any atom is 0.161 e. The lowest BCUT2D eigenvalue weighted by Gasteiger charge is -2.10. The number of benzene rings is 1. The van der Waals surface area contributed by atoms with Gasteiger partial charge in [0.1, 0.15) is 6.29 Å².